The molecule has 9 nitrogen and oxygen atoms in total. The first-order valence-corrected chi connectivity index (χ1v) is 10.9. The standard InChI is InChI=1S/C21H24F4N8O/c1-11-7-12(34)4-6-32(11)16-8-15(19-13(22)9-27-31(19)2)28-18-17(14-3-5-26-29-14)30-33(20(16)18)10-21(23,24)25/h3,5,8-9,11-12,17,30,34H,4,6-7,10H2,1-2H3,(H,26,29). The highest BCUT2D eigenvalue weighted by molar-refractivity contribution is 5.81. The van der Waals surface area contributed by atoms with Crippen LogP contribution in [-0.4, -0.2) is 61.5 Å². The zero-order chi connectivity index (χ0) is 24.2. The van der Waals surface area contributed by atoms with Gasteiger partial charge in [0.25, 0.3) is 0 Å². The monoisotopic (exact) mass is 480 g/mol. The number of nitrogens with one attached hydrogen (secondary N) is 2. The molecule has 13 heteroatoms. The van der Waals surface area contributed by atoms with Gasteiger partial charge in [0.15, 0.2) is 5.82 Å². The number of hydrazine groups is 1. The second-order valence-electron chi connectivity index (χ2n) is 8.72. The van der Waals surface area contributed by atoms with Crippen molar-refractivity contribution in [3.63, 3.8) is 0 Å². The number of aliphatic hydroxyl groups excluding tert-OH is 1. The second-order valence-corrected chi connectivity index (χ2v) is 8.72. The lowest BCUT2D eigenvalue weighted by Gasteiger charge is -2.39. The first-order valence-electron chi connectivity index (χ1n) is 10.9. The molecule has 0 spiro atoms. The van der Waals surface area contributed by atoms with Gasteiger partial charge in [-0.25, -0.2) is 14.8 Å². The van der Waals surface area contributed by atoms with Crippen LogP contribution >= 0.6 is 0 Å². The number of alkyl halides is 3. The van der Waals surface area contributed by atoms with Crippen LogP contribution in [0.15, 0.2) is 24.5 Å². The van der Waals surface area contributed by atoms with Crippen LogP contribution < -0.4 is 15.3 Å². The summed E-state index contributed by atoms with van der Waals surface area (Å²) in [6, 6.07) is 2.35. The van der Waals surface area contributed by atoms with Crippen LogP contribution in [0.4, 0.5) is 28.9 Å². The summed E-state index contributed by atoms with van der Waals surface area (Å²) in [5.41, 5.74) is 4.89. The highest BCUT2D eigenvalue weighted by Gasteiger charge is 2.42. The molecule has 0 amide bonds. The molecule has 0 radical (unpaired) electrons. The highest BCUT2D eigenvalue weighted by Crippen LogP contribution is 2.46. The average Bonchev–Trinajstić information content (AvgIpc) is 3.46. The van der Waals surface area contributed by atoms with Crippen molar-refractivity contribution >= 4 is 11.4 Å². The van der Waals surface area contributed by atoms with E-state index in [9.17, 15) is 22.7 Å². The topological polar surface area (TPSA) is 98.1 Å². The van der Waals surface area contributed by atoms with E-state index in [1.165, 1.54) is 10.9 Å². The Morgan fingerprint density at radius 3 is 2.71 bits per heavy atom. The Balaban J connectivity index is 1.73. The number of pyridine rings is 1. The molecule has 5 heterocycles. The highest BCUT2D eigenvalue weighted by atomic mass is 19.4. The van der Waals surface area contributed by atoms with Crippen LogP contribution in [-0.2, 0) is 7.05 Å². The Labute approximate surface area is 192 Å². The summed E-state index contributed by atoms with van der Waals surface area (Å²) in [6.07, 6.45) is -1.47. The van der Waals surface area contributed by atoms with E-state index < -0.39 is 30.7 Å². The number of H-pyrrole nitrogens is 1. The second kappa shape index (κ2) is 8.24. The van der Waals surface area contributed by atoms with E-state index in [-0.39, 0.29) is 23.1 Å². The van der Waals surface area contributed by atoms with Gasteiger partial charge in [-0.05, 0) is 31.9 Å². The number of anilines is 2. The van der Waals surface area contributed by atoms with E-state index in [4.69, 9.17) is 0 Å². The molecule has 3 aromatic heterocycles. The minimum absolute atomic E-state index is 0.131. The normalized spacial score (nSPS) is 23.0. The predicted molar refractivity (Wildman–Crippen MR) is 115 cm³/mol. The average molecular weight is 480 g/mol. The number of aromatic nitrogens is 5. The Morgan fingerprint density at radius 1 is 1.29 bits per heavy atom. The first kappa shape index (κ1) is 22.6. The Bertz CT molecular complexity index is 1160. The molecule has 2 aliphatic rings. The number of rotatable bonds is 4. The van der Waals surface area contributed by atoms with Gasteiger partial charge in [-0.2, -0.15) is 23.4 Å². The maximum absolute atomic E-state index is 14.7. The van der Waals surface area contributed by atoms with E-state index in [0.29, 0.717) is 36.5 Å². The van der Waals surface area contributed by atoms with Gasteiger partial charge >= 0.3 is 6.18 Å². The number of aromatic amines is 1. The van der Waals surface area contributed by atoms with Crippen molar-refractivity contribution in [3.8, 4) is 11.4 Å². The molecule has 5 rings (SSSR count). The smallest absolute Gasteiger partial charge is 0.393 e. The van der Waals surface area contributed by atoms with Crippen LogP contribution in [0.2, 0.25) is 0 Å². The Kier molecular flexibility index (Phi) is 5.47. The third kappa shape index (κ3) is 3.98. The fraction of sp³-hybridized carbons (Fsp3) is 0.476. The fourth-order valence-corrected chi connectivity index (χ4v) is 4.80. The first-order chi connectivity index (χ1) is 16.1. The molecule has 3 unspecified atom stereocenters. The van der Waals surface area contributed by atoms with Crippen molar-refractivity contribution in [2.24, 2.45) is 7.05 Å². The van der Waals surface area contributed by atoms with Crippen molar-refractivity contribution in [3.05, 3.63) is 41.7 Å². The van der Waals surface area contributed by atoms with Gasteiger partial charge in [0, 0.05) is 25.8 Å². The lowest BCUT2D eigenvalue weighted by atomic mass is 9.98. The zero-order valence-corrected chi connectivity index (χ0v) is 18.5. The number of aliphatic hydroxyl groups is 1. The SMILES string of the molecule is CC1CC(O)CCN1c1cc(-c2c(F)cnn2C)nc2c1N(CC(F)(F)F)NC2c1ccn[nH]1. The van der Waals surface area contributed by atoms with Crippen LogP contribution in [0.3, 0.4) is 0 Å². The van der Waals surface area contributed by atoms with E-state index >= 15 is 0 Å². The van der Waals surface area contributed by atoms with Gasteiger partial charge in [-0.15, -0.1) is 0 Å². The van der Waals surface area contributed by atoms with Crippen molar-refractivity contribution in [1.29, 1.82) is 0 Å². The van der Waals surface area contributed by atoms with Crippen molar-refractivity contribution in [1.82, 2.24) is 30.4 Å². The van der Waals surface area contributed by atoms with E-state index in [2.05, 4.69) is 25.7 Å². The van der Waals surface area contributed by atoms with Crippen LogP contribution in [0.5, 0.6) is 0 Å². The number of piperidine rings is 1. The number of fused-ring (bicyclic) bond motifs is 1. The molecule has 0 bridgehead atoms. The summed E-state index contributed by atoms with van der Waals surface area (Å²) in [6.45, 7) is 1.09. The summed E-state index contributed by atoms with van der Waals surface area (Å²) in [4.78, 5) is 6.58. The molecule has 3 atom stereocenters. The molecule has 34 heavy (non-hydrogen) atoms. The van der Waals surface area contributed by atoms with Crippen LogP contribution in [0.25, 0.3) is 11.4 Å². The quantitative estimate of drug-likeness (QED) is 0.494. The minimum atomic E-state index is -4.49. The third-order valence-electron chi connectivity index (χ3n) is 6.29. The summed E-state index contributed by atoms with van der Waals surface area (Å²) < 4.78 is 56.7. The molecule has 0 saturated carbocycles. The Morgan fingerprint density at radius 2 is 2.09 bits per heavy atom. The Hall–Kier alpha value is -3.19. The number of hydrogen-bond donors (Lipinski definition) is 3. The molecule has 2 aliphatic heterocycles. The van der Waals surface area contributed by atoms with Gasteiger partial charge in [-0.1, -0.05) is 0 Å². The lowest BCUT2D eigenvalue weighted by Crippen LogP contribution is -2.45. The molecule has 3 aromatic rings. The largest absolute Gasteiger partial charge is 0.407 e. The molecule has 1 saturated heterocycles. The number of aryl methyl sites for hydroxylation is 1. The minimum Gasteiger partial charge on any atom is -0.393 e. The zero-order valence-electron chi connectivity index (χ0n) is 18.5. The van der Waals surface area contributed by atoms with Gasteiger partial charge in [0.2, 0.25) is 0 Å². The van der Waals surface area contributed by atoms with Gasteiger partial charge < -0.3 is 10.0 Å². The predicted octanol–water partition coefficient (Wildman–Crippen LogP) is 2.67. The van der Waals surface area contributed by atoms with Crippen LogP contribution in [0, 0.1) is 5.82 Å². The van der Waals surface area contributed by atoms with Crippen molar-refractivity contribution < 1.29 is 22.7 Å². The molecule has 182 valence electrons. The van der Waals surface area contributed by atoms with Crippen molar-refractivity contribution in [2.75, 3.05) is 23.0 Å². The third-order valence-corrected chi connectivity index (χ3v) is 6.29. The lowest BCUT2D eigenvalue weighted by molar-refractivity contribution is -0.120. The molecule has 1 fully saturated rings. The van der Waals surface area contributed by atoms with Gasteiger partial charge in [0.05, 0.1) is 40.8 Å². The fourth-order valence-electron chi connectivity index (χ4n) is 4.80. The summed E-state index contributed by atoms with van der Waals surface area (Å²) in [7, 11) is 1.58. The maximum atomic E-state index is 14.7. The molecular formula is C21H24F4N8O. The molecule has 0 aromatic carbocycles. The van der Waals surface area contributed by atoms with Gasteiger partial charge in [0.1, 0.15) is 18.3 Å². The summed E-state index contributed by atoms with van der Waals surface area (Å²) >= 11 is 0. The number of nitrogens with zero attached hydrogens (tertiary/aromatic N) is 6. The van der Waals surface area contributed by atoms with E-state index in [1.54, 1.807) is 19.2 Å². The summed E-state index contributed by atoms with van der Waals surface area (Å²) in [5.74, 6) is -0.584. The maximum Gasteiger partial charge on any atom is 0.407 e. The molecular weight excluding hydrogens is 456 g/mol. The number of hydrogen-bond acceptors (Lipinski definition) is 7. The van der Waals surface area contributed by atoms with Crippen LogP contribution in [0.1, 0.15) is 37.2 Å². The summed E-state index contributed by atoms with van der Waals surface area (Å²) in [5, 5.41) is 21.8. The van der Waals surface area contributed by atoms with Crippen molar-refractivity contribution in [2.45, 2.75) is 44.1 Å². The number of halogens is 4. The van der Waals surface area contributed by atoms with Gasteiger partial charge in [-0.3, -0.25) is 14.8 Å². The molecule has 3 N–H and O–H groups in total. The molecule has 0 aliphatic carbocycles. The van der Waals surface area contributed by atoms with E-state index in [1.807, 2.05) is 11.8 Å². The van der Waals surface area contributed by atoms with E-state index in [0.717, 1.165) is 11.2 Å².